The molecule has 0 bridgehead atoms. The number of amides is 2. The number of rotatable bonds is 4. The topological polar surface area (TPSA) is 98.3 Å². The highest BCUT2D eigenvalue weighted by Gasteiger charge is 2.40. The first-order valence-corrected chi connectivity index (χ1v) is 11.2. The van der Waals surface area contributed by atoms with Gasteiger partial charge in [0.15, 0.2) is 0 Å². The SMILES string of the molecule is CN(CCc1ccccn1)C(=O)NC1CC2Cc3c(sc(N)c3C#N)CC2N(C)C1. The Morgan fingerprint density at radius 3 is 3.03 bits per heavy atom. The molecule has 1 aliphatic carbocycles. The average Bonchev–Trinajstić information content (AvgIpc) is 3.05. The van der Waals surface area contributed by atoms with Crippen LogP contribution in [0.2, 0.25) is 0 Å². The van der Waals surface area contributed by atoms with Crippen LogP contribution < -0.4 is 11.1 Å². The molecule has 2 aromatic rings. The summed E-state index contributed by atoms with van der Waals surface area (Å²) in [5.74, 6) is 0.418. The number of piperidine rings is 1. The largest absolute Gasteiger partial charge is 0.389 e. The number of carbonyl (C=O) groups is 1. The van der Waals surface area contributed by atoms with Crippen molar-refractivity contribution in [2.45, 2.75) is 37.8 Å². The van der Waals surface area contributed by atoms with Crippen LogP contribution in [-0.4, -0.2) is 60.1 Å². The standard InChI is InChI=1S/C22H28N6OS/c1-27(8-6-15-5-3-4-7-25-15)22(29)26-16-9-14-10-17-18(12-23)21(24)30-20(17)11-19(14)28(2)13-16/h3-5,7,14,16,19H,6,8-11,13,24H2,1-2H3,(H,26,29). The number of nitrogens with one attached hydrogen (secondary N) is 1. The number of fused-ring (bicyclic) bond motifs is 2. The maximum absolute atomic E-state index is 12.7. The van der Waals surface area contributed by atoms with Crippen LogP contribution in [0.5, 0.6) is 0 Å². The first-order chi connectivity index (χ1) is 14.5. The highest BCUT2D eigenvalue weighted by Crippen LogP contribution is 2.41. The Labute approximate surface area is 181 Å². The zero-order valence-electron chi connectivity index (χ0n) is 17.5. The summed E-state index contributed by atoms with van der Waals surface area (Å²) in [6.07, 6.45) is 5.24. The van der Waals surface area contributed by atoms with E-state index in [1.54, 1.807) is 22.4 Å². The highest BCUT2D eigenvalue weighted by atomic mass is 32.1. The van der Waals surface area contributed by atoms with Crippen LogP contribution in [0.3, 0.4) is 0 Å². The molecule has 2 aromatic heterocycles. The second-order valence-corrected chi connectivity index (χ2v) is 9.54. The third kappa shape index (κ3) is 4.13. The van der Waals surface area contributed by atoms with E-state index in [2.05, 4.69) is 28.3 Å². The summed E-state index contributed by atoms with van der Waals surface area (Å²) in [5, 5.41) is 13.3. The van der Waals surface area contributed by atoms with Gasteiger partial charge in [0.05, 0.1) is 5.56 Å². The van der Waals surface area contributed by atoms with E-state index in [4.69, 9.17) is 5.73 Å². The first kappa shape index (κ1) is 20.6. The van der Waals surface area contributed by atoms with Gasteiger partial charge in [-0.05, 0) is 49.9 Å². The van der Waals surface area contributed by atoms with Gasteiger partial charge in [0.1, 0.15) is 11.1 Å². The van der Waals surface area contributed by atoms with Gasteiger partial charge in [0, 0.05) is 55.4 Å². The van der Waals surface area contributed by atoms with Gasteiger partial charge in [0.2, 0.25) is 0 Å². The fourth-order valence-corrected chi connectivity index (χ4v) is 5.89. The predicted octanol–water partition coefficient (Wildman–Crippen LogP) is 2.27. The molecule has 4 rings (SSSR count). The number of hydrogen-bond donors (Lipinski definition) is 2. The van der Waals surface area contributed by atoms with Gasteiger partial charge < -0.3 is 20.9 Å². The molecule has 1 fully saturated rings. The number of likely N-dealkylation sites (N-methyl/N-ethyl adjacent to an activating group) is 2. The summed E-state index contributed by atoms with van der Waals surface area (Å²) in [5.41, 5.74) is 8.85. The Kier molecular flexibility index (Phi) is 5.93. The van der Waals surface area contributed by atoms with Crippen molar-refractivity contribution in [3.63, 3.8) is 0 Å². The number of nitrogens with two attached hydrogens (primary N) is 1. The van der Waals surface area contributed by atoms with Gasteiger partial charge in [-0.2, -0.15) is 5.26 Å². The number of anilines is 1. The molecular formula is C22H28N6OS. The fraction of sp³-hybridized carbons (Fsp3) is 0.500. The molecule has 0 spiro atoms. The molecule has 3 unspecified atom stereocenters. The molecule has 2 amide bonds. The molecule has 0 saturated carbocycles. The van der Waals surface area contributed by atoms with Crippen molar-refractivity contribution in [3.05, 3.63) is 46.1 Å². The van der Waals surface area contributed by atoms with Gasteiger partial charge in [-0.1, -0.05) is 6.07 Å². The second-order valence-electron chi connectivity index (χ2n) is 8.40. The van der Waals surface area contributed by atoms with Crippen LogP contribution in [0.25, 0.3) is 0 Å². The van der Waals surface area contributed by atoms with Crippen molar-refractivity contribution >= 4 is 22.4 Å². The number of nitriles is 1. The van der Waals surface area contributed by atoms with Crippen molar-refractivity contribution in [3.8, 4) is 6.07 Å². The molecule has 0 aromatic carbocycles. The number of pyridine rings is 1. The summed E-state index contributed by atoms with van der Waals surface area (Å²) in [6, 6.07) is 8.62. The summed E-state index contributed by atoms with van der Waals surface area (Å²) >= 11 is 1.57. The first-order valence-electron chi connectivity index (χ1n) is 10.4. The van der Waals surface area contributed by atoms with Crippen molar-refractivity contribution in [1.82, 2.24) is 20.1 Å². The third-order valence-electron chi connectivity index (χ3n) is 6.40. The van der Waals surface area contributed by atoms with E-state index < -0.39 is 0 Å². The lowest BCUT2D eigenvalue weighted by Crippen LogP contribution is -2.57. The molecule has 158 valence electrons. The molecular weight excluding hydrogens is 396 g/mol. The van der Waals surface area contributed by atoms with Crippen molar-refractivity contribution in [2.24, 2.45) is 5.92 Å². The molecule has 0 radical (unpaired) electrons. The lowest BCUT2D eigenvalue weighted by atomic mass is 9.76. The monoisotopic (exact) mass is 424 g/mol. The maximum Gasteiger partial charge on any atom is 0.317 e. The van der Waals surface area contributed by atoms with E-state index >= 15 is 0 Å². The second kappa shape index (κ2) is 8.62. The minimum absolute atomic E-state index is 0.0447. The average molecular weight is 425 g/mol. The molecule has 7 nitrogen and oxygen atoms in total. The van der Waals surface area contributed by atoms with E-state index in [1.807, 2.05) is 25.2 Å². The van der Waals surface area contributed by atoms with Crippen LogP contribution >= 0.6 is 11.3 Å². The zero-order chi connectivity index (χ0) is 21.3. The summed E-state index contributed by atoms with van der Waals surface area (Å²) in [7, 11) is 3.96. The molecule has 2 aliphatic rings. The Bertz CT molecular complexity index is 953. The molecule has 1 aliphatic heterocycles. The Morgan fingerprint density at radius 1 is 1.47 bits per heavy atom. The van der Waals surface area contributed by atoms with Crippen molar-refractivity contribution in [2.75, 3.05) is 32.9 Å². The third-order valence-corrected chi connectivity index (χ3v) is 7.48. The molecule has 8 heteroatoms. The van der Waals surface area contributed by atoms with E-state index in [-0.39, 0.29) is 12.1 Å². The molecule has 30 heavy (non-hydrogen) atoms. The zero-order valence-corrected chi connectivity index (χ0v) is 18.3. The summed E-state index contributed by atoms with van der Waals surface area (Å²) in [6.45, 7) is 1.46. The molecule has 1 saturated heterocycles. The normalized spacial score (nSPS) is 23.2. The lowest BCUT2D eigenvalue weighted by molar-refractivity contribution is 0.0876. The minimum atomic E-state index is -0.0447. The van der Waals surface area contributed by atoms with Crippen LogP contribution in [0.1, 0.15) is 28.1 Å². The van der Waals surface area contributed by atoms with Gasteiger partial charge in [-0.15, -0.1) is 11.3 Å². The van der Waals surface area contributed by atoms with E-state index in [9.17, 15) is 10.1 Å². The van der Waals surface area contributed by atoms with Crippen LogP contribution in [0.4, 0.5) is 9.80 Å². The van der Waals surface area contributed by atoms with E-state index in [1.165, 1.54) is 4.88 Å². The summed E-state index contributed by atoms with van der Waals surface area (Å²) < 4.78 is 0. The fourth-order valence-electron chi connectivity index (χ4n) is 4.79. The number of carbonyl (C=O) groups excluding carboxylic acids is 1. The number of hydrogen-bond acceptors (Lipinski definition) is 6. The maximum atomic E-state index is 12.7. The number of thiophene rings is 1. The summed E-state index contributed by atoms with van der Waals surface area (Å²) in [4.78, 5) is 22.4. The van der Waals surface area contributed by atoms with Crippen LogP contribution in [0, 0.1) is 17.2 Å². The number of aromatic nitrogens is 1. The van der Waals surface area contributed by atoms with Crippen LogP contribution in [-0.2, 0) is 19.3 Å². The van der Waals surface area contributed by atoms with Gasteiger partial charge in [-0.3, -0.25) is 4.98 Å². The number of likely N-dealkylation sites (tertiary alicyclic amines) is 1. The van der Waals surface area contributed by atoms with Crippen molar-refractivity contribution < 1.29 is 4.79 Å². The Morgan fingerprint density at radius 2 is 2.30 bits per heavy atom. The number of nitrogen functional groups attached to an aromatic ring is 1. The van der Waals surface area contributed by atoms with Crippen LogP contribution in [0.15, 0.2) is 24.4 Å². The molecule has 3 atom stereocenters. The molecule has 3 N–H and O–H groups in total. The predicted molar refractivity (Wildman–Crippen MR) is 118 cm³/mol. The number of nitrogens with zero attached hydrogens (tertiary/aromatic N) is 4. The van der Waals surface area contributed by atoms with Gasteiger partial charge in [0.25, 0.3) is 0 Å². The highest BCUT2D eigenvalue weighted by molar-refractivity contribution is 7.16. The quantitative estimate of drug-likeness (QED) is 0.785. The van der Waals surface area contributed by atoms with Gasteiger partial charge >= 0.3 is 6.03 Å². The number of urea groups is 1. The Hall–Kier alpha value is -2.63. The lowest BCUT2D eigenvalue weighted by Gasteiger charge is -2.45. The van der Waals surface area contributed by atoms with Gasteiger partial charge in [-0.25, -0.2) is 4.79 Å². The Balaban J connectivity index is 1.36. The van der Waals surface area contributed by atoms with Crippen molar-refractivity contribution in [1.29, 1.82) is 5.26 Å². The van der Waals surface area contributed by atoms with E-state index in [0.29, 0.717) is 29.1 Å². The minimum Gasteiger partial charge on any atom is -0.389 e. The smallest absolute Gasteiger partial charge is 0.317 e. The van der Waals surface area contributed by atoms with E-state index in [0.717, 1.165) is 43.5 Å². The molecule has 3 heterocycles.